The van der Waals surface area contributed by atoms with E-state index >= 15 is 0 Å². The first-order valence-corrected chi connectivity index (χ1v) is 5.15. The van der Waals surface area contributed by atoms with Gasteiger partial charge in [-0.05, 0) is 25.3 Å². The minimum Gasteiger partial charge on any atom is -0.314 e. The van der Waals surface area contributed by atoms with Crippen LogP contribution in [-0.2, 0) is 0 Å². The highest BCUT2D eigenvalue weighted by Gasteiger charge is 2.31. The Bertz CT molecular complexity index is 143. The van der Waals surface area contributed by atoms with E-state index in [0.717, 1.165) is 6.42 Å². The molecule has 0 heterocycles. The predicted molar refractivity (Wildman–Crippen MR) is 52.2 cm³/mol. The molecule has 0 aromatic heterocycles. The SMILES string of the molecule is CCCNC(CC(C)C)CC(F)(F)F. The van der Waals surface area contributed by atoms with E-state index in [0.29, 0.717) is 18.9 Å². The summed E-state index contributed by atoms with van der Waals surface area (Å²) in [5.74, 6) is 0.298. The third kappa shape index (κ3) is 8.35. The molecule has 0 spiro atoms. The fourth-order valence-electron chi connectivity index (χ4n) is 1.44. The van der Waals surface area contributed by atoms with Crippen molar-refractivity contribution in [3.8, 4) is 0 Å². The molecule has 86 valence electrons. The maximum Gasteiger partial charge on any atom is 0.390 e. The molecule has 0 bridgehead atoms. The molecular weight excluding hydrogens is 191 g/mol. The van der Waals surface area contributed by atoms with Crippen LogP contribution in [0.15, 0.2) is 0 Å². The molecule has 0 saturated heterocycles. The molecule has 0 aliphatic carbocycles. The number of nitrogens with one attached hydrogen (secondary N) is 1. The van der Waals surface area contributed by atoms with Crippen LogP contribution in [0.1, 0.15) is 40.0 Å². The topological polar surface area (TPSA) is 12.0 Å². The second-order valence-corrected chi connectivity index (χ2v) is 4.10. The van der Waals surface area contributed by atoms with Gasteiger partial charge in [-0.25, -0.2) is 0 Å². The normalized spacial score (nSPS) is 14.8. The molecule has 0 aliphatic rings. The Hall–Kier alpha value is -0.250. The van der Waals surface area contributed by atoms with E-state index in [1.54, 1.807) is 0 Å². The van der Waals surface area contributed by atoms with Crippen LogP contribution in [0.5, 0.6) is 0 Å². The summed E-state index contributed by atoms with van der Waals surface area (Å²) in [7, 11) is 0. The molecule has 4 heteroatoms. The summed E-state index contributed by atoms with van der Waals surface area (Å²) >= 11 is 0. The molecule has 0 aromatic rings. The Morgan fingerprint density at radius 1 is 1.21 bits per heavy atom. The van der Waals surface area contributed by atoms with Crippen LogP contribution in [-0.4, -0.2) is 18.8 Å². The lowest BCUT2D eigenvalue weighted by Gasteiger charge is -2.21. The van der Waals surface area contributed by atoms with Gasteiger partial charge in [0.15, 0.2) is 0 Å². The zero-order valence-corrected chi connectivity index (χ0v) is 9.12. The van der Waals surface area contributed by atoms with Gasteiger partial charge in [-0.3, -0.25) is 0 Å². The van der Waals surface area contributed by atoms with E-state index in [-0.39, 0.29) is 0 Å². The van der Waals surface area contributed by atoms with Crippen LogP contribution in [0.25, 0.3) is 0 Å². The van der Waals surface area contributed by atoms with E-state index in [1.807, 2.05) is 20.8 Å². The van der Waals surface area contributed by atoms with Gasteiger partial charge in [0, 0.05) is 6.04 Å². The lowest BCUT2D eigenvalue weighted by Crippen LogP contribution is -2.35. The third-order valence-electron chi connectivity index (χ3n) is 1.92. The summed E-state index contributed by atoms with van der Waals surface area (Å²) in [6.07, 6.45) is -3.32. The summed E-state index contributed by atoms with van der Waals surface area (Å²) in [6.45, 7) is 6.49. The molecule has 0 rings (SSSR count). The fourth-order valence-corrected chi connectivity index (χ4v) is 1.44. The molecule has 1 atom stereocenters. The van der Waals surface area contributed by atoms with Crippen LogP contribution in [0.2, 0.25) is 0 Å². The zero-order chi connectivity index (χ0) is 11.2. The lowest BCUT2D eigenvalue weighted by molar-refractivity contribution is -0.140. The van der Waals surface area contributed by atoms with E-state index in [1.165, 1.54) is 0 Å². The minimum atomic E-state index is -4.06. The molecule has 0 amide bonds. The maximum atomic E-state index is 12.1. The molecule has 0 fully saturated rings. The Morgan fingerprint density at radius 3 is 2.14 bits per heavy atom. The molecule has 0 saturated carbocycles. The number of alkyl halides is 3. The maximum absolute atomic E-state index is 12.1. The highest BCUT2D eigenvalue weighted by atomic mass is 19.4. The van der Waals surface area contributed by atoms with Crippen LogP contribution in [0.4, 0.5) is 13.2 Å². The first-order chi connectivity index (χ1) is 6.35. The van der Waals surface area contributed by atoms with Crippen molar-refractivity contribution in [1.82, 2.24) is 5.32 Å². The summed E-state index contributed by atoms with van der Waals surface area (Å²) in [5.41, 5.74) is 0. The first kappa shape index (κ1) is 13.8. The molecule has 14 heavy (non-hydrogen) atoms. The highest BCUT2D eigenvalue weighted by molar-refractivity contribution is 4.72. The quantitative estimate of drug-likeness (QED) is 0.710. The Kier molecular flexibility index (Phi) is 6.16. The van der Waals surface area contributed by atoms with Gasteiger partial charge in [0.25, 0.3) is 0 Å². The molecular formula is C10H20F3N. The summed E-state index contributed by atoms with van der Waals surface area (Å²) in [4.78, 5) is 0. The van der Waals surface area contributed by atoms with Crippen molar-refractivity contribution < 1.29 is 13.2 Å². The second-order valence-electron chi connectivity index (χ2n) is 4.10. The van der Waals surface area contributed by atoms with E-state index in [9.17, 15) is 13.2 Å². The summed E-state index contributed by atoms with van der Waals surface area (Å²) in [5, 5.41) is 2.94. The first-order valence-electron chi connectivity index (χ1n) is 5.15. The van der Waals surface area contributed by atoms with Crippen LogP contribution >= 0.6 is 0 Å². The van der Waals surface area contributed by atoms with Crippen molar-refractivity contribution in [2.24, 2.45) is 5.92 Å². The van der Waals surface area contributed by atoms with E-state index in [2.05, 4.69) is 5.32 Å². The molecule has 0 radical (unpaired) electrons. The van der Waals surface area contributed by atoms with Gasteiger partial charge in [-0.15, -0.1) is 0 Å². The largest absolute Gasteiger partial charge is 0.390 e. The Labute approximate surface area is 84.1 Å². The van der Waals surface area contributed by atoms with Gasteiger partial charge in [-0.2, -0.15) is 13.2 Å². The van der Waals surface area contributed by atoms with Gasteiger partial charge >= 0.3 is 6.18 Å². The van der Waals surface area contributed by atoms with E-state index < -0.39 is 18.6 Å². The Morgan fingerprint density at radius 2 is 1.79 bits per heavy atom. The fraction of sp³-hybridized carbons (Fsp3) is 1.00. The third-order valence-corrected chi connectivity index (χ3v) is 1.92. The van der Waals surface area contributed by atoms with Crippen LogP contribution in [0, 0.1) is 5.92 Å². The molecule has 0 aromatic carbocycles. The van der Waals surface area contributed by atoms with Crippen LogP contribution in [0.3, 0.4) is 0 Å². The van der Waals surface area contributed by atoms with Crippen molar-refractivity contribution in [3.05, 3.63) is 0 Å². The smallest absolute Gasteiger partial charge is 0.314 e. The van der Waals surface area contributed by atoms with Crippen molar-refractivity contribution >= 4 is 0 Å². The second kappa shape index (κ2) is 6.27. The summed E-state index contributed by atoms with van der Waals surface area (Å²) in [6, 6.07) is -0.421. The van der Waals surface area contributed by atoms with Crippen LogP contribution < -0.4 is 5.32 Å². The molecule has 1 N–H and O–H groups in total. The Balaban J connectivity index is 3.97. The van der Waals surface area contributed by atoms with Gasteiger partial charge in [0.2, 0.25) is 0 Å². The van der Waals surface area contributed by atoms with Gasteiger partial charge in [-0.1, -0.05) is 20.8 Å². The number of halogens is 3. The zero-order valence-electron chi connectivity index (χ0n) is 9.12. The lowest BCUT2D eigenvalue weighted by atomic mass is 10.0. The molecule has 1 unspecified atom stereocenters. The standard InChI is InChI=1S/C10H20F3N/c1-4-5-14-9(6-8(2)3)7-10(11,12)13/h8-9,14H,4-7H2,1-3H3. The highest BCUT2D eigenvalue weighted by Crippen LogP contribution is 2.24. The van der Waals surface area contributed by atoms with Crippen molar-refractivity contribution in [2.75, 3.05) is 6.54 Å². The number of rotatable bonds is 6. The number of hydrogen-bond acceptors (Lipinski definition) is 1. The van der Waals surface area contributed by atoms with Gasteiger partial charge < -0.3 is 5.32 Å². The van der Waals surface area contributed by atoms with Crippen molar-refractivity contribution in [3.63, 3.8) is 0 Å². The minimum absolute atomic E-state index is 0.298. The molecule has 1 nitrogen and oxygen atoms in total. The molecule has 0 aliphatic heterocycles. The average Bonchev–Trinajstić information content (AvgIpc) is 1.96. The monoisotopic (exact) mass is 211 g/mol. The van der Waals surface area contributed by atoms with Gasteiger partial charge in [0.1, 0.15) is 0 Å². The average molecular weight is 211 g/mol. The predicted octanol–water partition coefficient (Wildman–Crippen LogP) is 3.35. The van der Waals surface area contributed by atoms with Gasteiger partial charge in [0.05, 0.1) is 6.42 Å². The van der Waals surface area contributed by atoms with Crippen molar-refractivity contribution in [1.29, 1.82) is 0 Å². The number of hydrogen-bond donors (Lipinski definition) is 1. The summed E-state index contributed by atoms with van der Waals surface area (Å²) < 4.78 is 36.4. The van der Waals surface area contributed by atoms with Crippen molar-refractivity contribution in [2.45, 2.75) is 52.3 Å². The van der Waals surface area contributed by atoms with E-state index in [4.69, 9.17) is 0 Å².